The van der Waals surface area contributed by atoms with Gasteiger partial charge in [-0.15, -0.1) is 0 Å². The molecule has 0 fully saturated rings. The number of nitrogens with two attached hydrogens (primary N) is 1. The van der Waals surface area contributed by atoms with Gasteiger partial charge in [0.05, 0.1) is 12.7 Å². The number of hydrogen-bond acceptors (Lipinski definition) is 3. The molecule has 5 nitrogen and oxygen atoms in total. The first-order chi connectivity index (χ1) is 10.0. The quantitative estimate of drug-likeness (QED) is 0.904. The SMILES string of the molecule is COc1ccc(C(=O)Nc2ccc(C(N)=O)cc2)c(F)c1. The molecule has 0 saturated carbocycles. The highest BCUT2D eigenvalue weighted by molar-refractivity contribution is 6.04. The molecule has 2 amide bonds. The van der Waals surface area contributed by atoms with Crippen molar-refractivity contribution in [3.05, 3.63) is 59.4 Å². The molecule has 2 aromatic carbocycles. The summed E-state index contributed by atoms with van der Waals surface area (Å²) in [4.78, 5) is 22.9. The van der Waals surface area contributed by atoms with Gasteiger partial charge in [0.1, 0.15) is 11.6 Å². The van der Waals surface area contributed by atoms with Crippen LogP contribution in [0.1, 0.15) is 20.7 Å². The molecule has 0 spiro atoms. The van der Waals surface area contributed by atoms with E-state index in [9.17, 15) is 14.0 Å². The van der Waals surface area contributed by atoms with E-state index in [1.807, 2.05) is 0 Å². The Balaban J connectivity index is 2.16. The first-order valence-electron chi connectivity index (χ1n) is 6.06. The maximum Gasteiger partial charge on any atom is 0.258 e. The first-order valence-corrected chi connectivity index (χ1v) is 6.06. The fourth-order valence-electron chi connectivity index (χ4n) is 1.72. The smallest absolute Gasteiger partial charge is 0.258 e. The van der Waals surface area contributed by atoms with E-state index in [0.717, 1.165) is 6.07 Å². The number of halogens is 1. The molecule has 0 aliphatic heterocycles. The number of ether oxygens (including phenoxy) is 1. The van der Waals surface area contributed by atoms with Crippen LogP contribution in [-0.2, 0) is 0 Å². The number of rotatable bonds is 4. The number of hydrogen-bond donors (Lipinski definition) is 2. The number of carbonyl (C=O) groups excluding carboxylic acids is 2. The summed E-state index contributed by atoms with van der Waals surface area (Å²) in [5.41, 5.74) is 5.77. The van der Waals surface area contributed by atoms with Crippen LogP contribution in [0, 0.1) is 5.82 Å². The third-order valence-corrected chi connectivity index (χ3v) is 2.85. The normalized spacial score (nSPS) is 10.0. The third kappa shape index (κ3) is 3.36. The molecule has 0 atom stereocenters. The molecule has 6 heteroatoms. The first kappa shape index (κ1) is 14.5. The Bertz CT molecular complexity index is 684. The van der Waals surface area contributed by atoms with Crippen LogP contribution in [0.15, 0.2) is 42.5 Å². The van der Waals surface area contributed by atoms with Gasteiger partial charge in [-0.1, -0.05) is 0 Å². The van der Waals surface area contributed by atoms with Crippen LogP contribution < -0.4 is 15.8 Å². The maximum absolute atomic E-state index is 13.8. The van der Waals surface area contributed by atoms with Gasteiger partial charge in [0.2, 0.25) is 5.91 Å². The zero-order valence-electron chi connectivity index (χ0n) is 11.2. The fraction of sp³-hybridized carbons (Fsp3) is 0.0667. The van der Waals surface area contributed by atoms with Crippen molar-refractivity contribution in [1.29, 1.82) is 0 Å². The number of primary amides is 1. The Morgan fingerprint density at radius 3 is 2.33 bits per heavy atom. The Morgan fingerprint density at radius 1 is 1.14 bits per heavy atom. The summed E-state index contributed by atoms with van der Waals surface area (Å²) in [6.45, 7) is 0. The summed E-state index contributed by atoms with van der Waals surface area (Å²) < 4.78 is 18.6. The van der Waals surface area contributed by atoms with Crippen LogP contribution in [0.25, 0.3) is 0 Å². The third-order valence-electron chi connectivity index (χ3n) is 2.85. The largest absolute Gasteiger partial charge is 0.497 e. The summed E-state index contributed by atoms with van der Waals surface area (Å²) in [7, 11) is 1.41. The van der Waals surface area contributed by atoms with Gasteiger partial charge in [-0.3, -0.25) is 9.59 Å². The number of amides is 2. The number of carbonyl (C=O) groups is 2. The van der Waals surface area contributed by atoms with Crippen molar-refractivity contribution < 1.29 is 18.7 Å². The van der Waals surface area contributed by atoms with Crippen LogP contribution in [0.4, 0.5) is 10.1 Å². The minimum Gasteiger partial charge on any atom is -0.497 e. The predicted molar refractivity (Wildman–Crippen MR) is 75.9 cm³/mol. The Hall–Kier alpha value is -2.89. The van der Waals surface area contributed by atoms with E-state index in [2.05, 4.69) is 5.32 Å². The fourth-order valence-corrected chi connectivity index (χ4v) is 1.72. The lowest BCUT2D eigenvalue weighted by Crippen LogP contribution is -2.14. The number of benzene rings is 2. The summed E-state index contributed by atoms with van der Waals surface area (Å²) in [5.74, 6) is -1.51. The van der Waals surface area contributed by atoms with Crippen molar-refractivity contribution in [3.8, 4) is 5.75 Å². The molecule has 0 radical (unpaired) electrons. The van der Waals surface area contributed by atoms with Gasteiger partial charge in [-0.05, 0) is 36.4 Å². The molecular weight excluding hydrogens is 275 g/mol. The summed E-state index contributed by atoms with van der Waals surface area (Å²) in [6.07, 6.45) is 0. The van der Waals surface area contributed by atoms with E-state index >= 15 is 0 Å². The highest BCUT2D eigenvalue weighted by Gasteiger charge is 2.13. The highest BCUT2D eigenvalue weighted by Crippen LogP contribution is 2.18. The lowest BCUT2D eigenvalue weighted by atomic mass is 10.1. The van der Waals surface area contributed by atoms with Crippen molar-refractivity contribution >= 4 is 17.5 Å². The molecule has 21 heavy (non-hydrogen) atoms. The lowest BCUT2D eigenvalue weighted by Gasteiger charge is -2.07. The van der Waals surface area contributed by atoms with Crippen LogP contribution in [0.3, 0.4) is 0 Å². The molecule has 3 N–H and O–H groups in total. The van der Waals surface area contributed by atoms with Crippen molar-refractivity contribution in [2.75, 3.05) is 12.4 Å². The minimum absolute atomic E-state index is 0.102. The molecule has 0 heterocycles. The zero-order valence-corrected chi connectivity index (χ0v) is 11.2. The van der Waals surface area contributed by atoms with E-state index in [-0.39, 0.29) is 5.56 Å². The van der Waals surface area contributed by atoms with Crippen LogP contribution in [0.2, 0.25) is 0 Å². The minimum atomic E-state index is -0.680. The topological polar surface area (TPSA) is 81.4 Å². The maximum atomic E-state index is 13.8. The van der Waals surface area contributed by atoms with Gasteiger partial charge in [0, 0.05) is 17.3 Å². The van der Waals surface area contributed by atoms with E-state index in [1.54, 1.807) is 0 Å². The molecule has 0 aromatic heterocycles. The summed E-state index contributed by atoms with van der Waals surface area (Å²) in [6, 6.07) is 9.93. The monoisotopic (exact) mass is 288 g/mol. The van der Waals surface area contributed by atoms with E-state index in [0.29, 0.717) is 17.0 Å². The Labute approximate surface area is 120 Å². The summed E-state index contributed by atoms with van der Waals surface area (Å²) >= 11 is 0. The van der Waals surface area contributed by atoms with Gasteiger partial charge in [-0.2, -0.15) is 0 Å². The molecule has 0 saturated heterocycles. The molecule has 2 rings (SSSR count). The number of methoxy groups -OCH3 is 1. The van der Waals surface area contributed by atoms with Gasteiger partial charge < -0.3 is 15.8 Å². The second kappa shape index (κ2) is 6.04. The molecule has 0 bridgehead atoms. The van der Waals surface area contributed by atoms with Crippen molar-refractivity contribution in [1.82, 2.24) is 0 Å². The molecule has 2 aromatic rings. The van der Waals surface area contributed by atoms with E-state index < -0.39 is 17.6 Å². The van der Waals surface area contributed by atoms with Crippen LogP contribution in [0.5, 0.6) is 5.75 Å². The molecule has 0 aliphatic carbocycles. The van der Waals surface area contributed by atoms with Gasteiger partial charge in [-0.25, -0.2) is 4.39 Å². The Kier molecular flexibility index (Phi) is 4.18. The van der Waals surface area contributed by atoms with Crippen LogP contribution in [-0.4, -0.2) is 18.9 Å². The predicted octanol–water partition coefficient (Wildman–Crippen LogP) is 2.19. The molecule has 108 valence electrons. The number of anilines is 1. The molecule has 0 aliphatic rings. The van der Waals surface area contributed by atoms with E-state index in [4.69, 9.17) is 10.5 Å². The zero-order chi connectivity index (χ0) is 15.4. The standard InChI is InChI=1S/C15H13FN2O3/c1-21-11-6-7-12(13(16)8-11)15(20)18-10-4-2-9(3-5-10)14(17)19/h2-8H,1H3,(H2,17,19)(H,18,20). The highest BCUT2D eigenvalue weighted by atomic mass is 19.1. The molecular formula is C15H13FN2O3. The average molecular weight is 288 g/mol. The van der Waals surface area contributed by atoms with E-state index in [1.165, 1.54) is 43.5 Å². The molecule has 0 unspecified atom stereocenters. The second-order valence-electron chi connectivity index (χ2n) is 4.24. The van der Waals surface area contributed by atoms with Crippen molar-refractivity contribution in [2.45, 2.75) is 0 Å². The van der Waals surface area contributed by atoms with Crippen LogP contribution >= 0.6 is 0 Å². The van der Waals surface area contributed by atoms with Crippen molar-refractivity contribution in [2.24, 2.45) is 5.73 Å². The summed E-state index contributed by atoms with van der Waals surface area (Å²) in [5, 5.41) is 2.53. The lowest BCUT2D eigenvalue weighted by molar-refractivity contribution is 0.0997. The number of nitrogens with one attached hydrogen (secondary N) is 1. The average Bonchev–Trinajstić information content (AvgIpc) is 2.47. The van der Waals surface area contributed by atoms with Gasteiger partial charge in [0.15, 0.2) is 0 Å². The van der Waals surface area contributed by atoms with Crippen molar-refractivity contribution in [3.63, 3.8) is 0 Å². The van der Waals surface area contributed by atoms with Gasteiger partial charge in [0.25, 0.3) is 5.91 Å². The Morgan fingerprint density at radius 2 is 1.81 bits per heavy atom. The second-order valence-corrected chi connectivity index (χ2v) is 4.24. The van der Waals surface area contributed by atoms with Gasteiger partial charge >= 0.3 is 0 Å².